The van der Waals surface area contributed by atoms with E-state index < -0.39 is 0 Å². The average Bonchev–Trinajstić information content (AvgIpc) is 3.45. The Hall–Kier alpha value is -3.99. The highest BCUT2D eigenvalue weighted by Gasteiger charge is 2.23. The molecule has 5 heteroatoms. The lowest BCUT2D eigenvalue weighted by Gasteiger charge is -2.21. The summed E-state index contributed by atoms with van der Waals surface area (Å²) in [6, 6.07) is 30.0. The standard InChI is InChI=1S/C32H35NO4/c1-23(2)37-26-17-15-25(16-18-26)29(28-12-7-8-13-30(28)35-3)22-32(34)33-20-19-27(31-14-9-21-36-31)24-10-5-4-6-11-24/h4-18,21,23,27,29H,19-20,22H2,1-3H3,(H,33,34)/t27-,29+/m0/s1. The molecule has 1 amide bonds. The largest absolute Gasteiger partial charge is 0.496 e. The highest BCUT2D eigenvalue weighted by molar-refractivity contribution is 5.77. The summed E-state index contributed by atoms with van der Waals surface area (Å²) < 4.78 is 17.2. The zero-order valence-electron chi connectivity index (χ0n) is 21.7. The molecular formula is C32H35NO4. The predicted octanol–water partition coefficient (Wildman–Crippen LogP) is 6.94. The zero-order chi connectivity index (χ0) is 26.0. The molecule has 0 aliphatic rings. The highest BCUT2D eigenvalue weighted by atomic mass is 16.5. The summed E-state index contributed by atoms with van der Waals surface area (Å²) in [7, 11) is 1.66. The molecule has 1 heterocycles. The van der Waals surface area contributed by atoms with Gasteiger partial charge in [0.05, 0.1) is 19.5 Å². The van der Waals surface area contributed by atoms with Crippen LogP contribution in [0, 0.1) is 0 Å². The second-order valence-corrected chi connectivity index (χ2v) is 9.35. The maximum atomic E-state index is 13.2. The molecule has 0 bridgehead atoms. The van der Waals surface area contributed by atoms with Crippen LogP contribution in [0.3, 0.4) is 0 Å². The number of methoxy groups -OCH3 is 1. The first-order valence-corrected chi connectivity index (χ1v) is 12.8. The number of carbonyl (C=O) groups is 1. The lowest BCUT2D eigenvalue weighted by Crippen LogP contribution is -2.27. The summed E-state index contributed by atoms with van der Waals surface area (Å²) in [5.74, 6) is 2.40. The van der Waals surface area contributed by atoms with E-state index in [1.807, 2.05) is 92.7 Å². The minimum Gasteiger partial charge on any atom is -0.496 e. The second kappa shape index (κ2) is 12.8. The fourth-order valence-electron chi connectivity index (χ4n) is 4.67. The van der Waals surface area contributed by atoms with Gasteiger partial charge in [-0.3, -0.25) is 4.79 Å². The van der Waals surface area contributed by atoms with Crippen molar-refractivity contribution in [1.29, 1.82) is 0 Å². The van der Waals surface area contributed by atoms with E-state index in [2.05, 4.69) is 17.4 Å². The van der Waals surface area contributed by atoms with Crippen LogP contribution in [0.5, 0.6) is 11.5 Å². The first-order valence-electron chi connectivity index (χ1n) is 12.8. The van der Waals surface area contributed by atoms with Gasteiger partial charge in [-0.2, -0.15) is 0 Å². The van der Waals surface area contributed by atoms with Crippen molar-refractivity contribution in [3.8, 4) is 11.5 Å². The third-order valence-corrected chi connectivity index (χ3v) is 6.40. The average molecular weight is 498 g/mol. The van der Waals surface area contributed by atoms with Gasteiger partial charge in [-0.25, -0.2) is 0 Å². The zero-order valence-corrected chi connectivity index (χ0v) is 21.7. The monoisotopic (exact) mass is 497 g/mol. The van der Waals surface area contributed by atoms with E-state index in [4.69, 9.17) is 13.9 Å². The van der Waals surface area contributed by atoms with Crippen molar-refractivity contribution in [3.05, 3.63) is 120 Å². The normalized spacial score (nSPS) is 12.6. The van der Waals surface area contributed by atoms with Gasteiger partial charge in [0, 0.05) is 30.4 Å². The molecule has 0 aliphatic heterocycles. The van der Waals surface area contributed by atoms with E-state index in [1.165, 1.54) is 5.56 Å². The van der Waals surface area contributed by atoms with Crippen molar-refractivity contribution in [3.63, 3.8) is 0 Å². The van der Waals surface area contributed by atoms with Crippen LogP contribution in [0.4, 0.5) is 0 Å². The van der Waals surface area contributed by atoms with E-state index in [-0.39, 0.29) is 23.8 Å². The Labute approximate surface area is 219 Å². The molecule has 2 atom stereocenters. The van der Waals surface area contributed by atoms with Crippen molar-refractivity contribution >= 4 is 5.91 Å². The van der Waals surface area contributed by atoms with Crippen LogP contribution in [0.2, 0.25) is 0 Å². The molecule has 0 fully saturated rings. The Morgan fingerprint density at radius 2 is 1.54 bits per heavy atom. The molecule has 4 rings (SSSR count). The minimum absolute atomic E-state index is 0.00957. The molecule has 192 valence electrons. The van der Waals surface area contributed by atoms with E-state index in [0.29, 0.717) is 13.0 Å². The Morgan fingerprint density at radius 1 is 0.838 bits per heavy atom. The molecule has 37 heavy (non-hydrogen) atoms. The SMILES string of the molecule is COc1ccccc1[C@H](CC(=O)NCC[C@@H](c1ccccc1)c1ccco1)c1ccc(OC(C)C)cc1. The van der Waals surface area contributed by atoms with Gasteiger partial charge in [0.25, 0.3) is 0 Å². The Balaban J connectivity index is 1.48. The highest BCUT2D eigenvalue weighted by Crippen LogP contribution is 2.35. The van der Waals surface area contributed by atoms with E-state index >= 15 is 0 Å². The van der Waals surface area contributed by atoms with E-state index in [1.54, 1.807) is 13.4 Å². The van der Waals surface area contributed by atoms with Crippen LogP contribution in [0.15, 0.2) is 102 Å². The number of hydrogen-bond acceptors (Lipinski definition) is 4. The van der Waals surface area contributed by atoms with Gasteiger partial charge in [-0.1, -0.05) is 60.7 Å². The number of rotatable bonds is 12. The molecule has 1 aromatic heterocycles. The third kappa shape index (κ3) is 7.04. The molecule has 0 radical (unpaired) electrons. The van der Waals surface area contributed by atoms with Crippen molar-refractivity contribution in [2.24, 2.45) is 0 Å². The first kappa shape index (κ1) is 26.1. The number of para-hydroxylation sites is 1. The molecule has 1 N–H and O–H groups in total. The van der Waals surface area contributed by atoms with Gasteiger partial charge in [0.15, 0.2) is 0 Å². The molecule has 4 aromatic rings. The van der Waals surface area contributed by atoms with Gasteiger partial charge < -0.3 is 19.2 Å². The van der Waals surface area contributed by atoms with Gasteiger partial charge in [0.2, 0.25) is 5.91 Å². The van der Waals surface area contributed by atoms with Crippen LogP contribution >= 0.6 is 0 Å². The van der Waals surface area contributed by atoms with Gasteiger partial charge >= 0.3 is 0 Å². The topological polar surface area (TPSA) is 60.7 Å². The molecule has 0 unspecified atom stereocenters. The maximum Gasteiger partial charge on any atom is 0.220 e. The van der Waals surface area contributed by atoms with Crippen molar-refractivity contribution in [2.45, 2.75) is 44.6 Å². The number of nitrogens with one attached hydrogen (secondary N) is 1. The summed E-state index contributed by atoms with van der Waals surface area (Å²) >= 11 is 0. The summed E-state index contributed by atoms with van der Waals surface area (Å²) in [5, 5.41) is 3.14. The van der Waals surface area contributed by atoms with E-state index in [0.717, 1.165) is 34.8 Å². The van der Waals surface area contributed by atoms with E-state index in [9.17, 15) is 4.79 Å². The Morgan fingerprint density at radius 3 is 2.22 bits per heavy atom. The minimum atomic E-state index is -0.153. The summed E-state index contributed by atoms with van der Waals surface area (Å²) in [4.78, 5) is 13.2. The first-order chi connectivity index (χ1) is 18.0. The fraction of sp³-hybridized carbons (Fsp3) is 0.281. The number of ether oxygens (including phenoxy) is 2. The predicted molar refractivity (Wildman–Crippen MR) is 146 cm³/mol. The summed E-state index contributed by atoms with van der Waals surface area (Å²) in [6.45, 7) is 4.55. The van der Waals surface area contributed by atoms with Crippen molar-refractivity contribution < 1.29 is 18.7 Å². The molecule has 0 aliphatic carbocycles. The third-order valence-electron chi connectivity index (χ3n) is 6.40. The van der Waals surface area contributed by atoms with Crippen LogP contribution in [0.25, 0.3) is 0 Å². The summed E-state index contributed by atoms with van der Waals surface area (Å²) in [5.41, 5.74) is 3.19. The lowest BCUT2D eigenvalue weighted by atomic mass is 9.87. The molecule has 3 aromatic carbocycles. The van der Waals surface area contributed by atoms with Crippen LogP contribution in [0.1, 0.15) is 61.0 Å². The Bertz CT molecular complexity index is 1230. The van der Waals surface area contributed by atoms with Gasteiger partial charge in [0.1, 0.15) is 17.3 Å². The number of carbonyl (C=O) groups excluding carboxylic acids is 1. The van der Waals surface area contributed by atoms with Crippen molar-refractivity contribution in [2.75, 3.05) is 13.7 Å². The summed E-state index contributed by atoms with van der Waals surface area (Å²) in [6.07, 6.45) is 2.84. The number of furan rings is 1. The molecule has 5 nitrogen and oxygen atoms in total. The number of hydrogen-bond donors (Lipinski definition) is 1. The van der Waals surface area contributed by atoms with Gasteiger partial charge in [-0.05, 0) is 61.7 Å². The molecular weight excluding hydrogens is 462 g/mol. The van der Waals surface area contributed by atoms with Gasteiger partial charge in [-0.15, -0.1) is 0 Å². The van der Waals surface area contributed by atoms with Crippen molar-refractivity contribution in [1.82, 2.24) is 5.32 Å². The number of amides is 1. The molecule has 0 spiro atoms. The molecule has 0 saturated heterocycles. The van der Waals surface area contributed by atoms with Crippen LogP contribution < -0.4 is 14.8 Å². The molecule has 0 saturated carbocycles. The fourth-order valence-corrected chi connectivity index (χ4v) is 4.67. The van der Waals surface area contributed by atoms with Crippen LogP contribution in [-0.4, -0.2) is 25.7 Å². The smallest absolute Gasteiger partial charge is 0.220 e. The Kier molecular flexibility index (Phi) is 9.03. The lowest BCUT2D eigenvalue weighted by molar-refractivity contribution is -0.121. The number of benzene rings is 3. The maximum absolute atomic E-state index is 13.2. The van der Waals surface area contributed by atoms with Crippen LogP contribution in [-0.2, 0) is 4.79 Å². The second-order valence-electron chi connectivity index (χ2n) is 9.35. The quantitative estimate of drug-likeness (QED) is 0.230.